The van der Waals surface area contributed by atoms with Crippen LogP contribution in [0.25, 0.3) is 0 Å². The Morgan fingerprint density at radius 3 is 2.52 bits per heavy atom. The number of sulfone groups is 1. The number of amidine groups is 1. The highest BCUT2D eigenvalue weighted by Crippen LogP contribution is 2.18. The number of para-hydroxylation sites is 1. The van der Waals surface area contributed by atoms with Crippen molar-refractivity contribution in [3.63, 3.8) is 0 Å². The molecule has 0 saturated carbocycles. The van der Waals surface area contributed by atoms with Crippen molar-refractivity contribution in [1.82, 2.24) is 5.43 Å². The fourth-order valence-corrected chi connectivity index (χ4v) is 3.17. The predicted molar refractivity (Wildman–Crippen MR) is 102 cm³/mol. The van der Waals surface area contributed by atoms with Gasteiger partial charge in [-0.2, -0.15) is 0 Å². The first-order valence-electron chi connectivity index (χ1n) is 8.10. The Hall–Kier alpha value is -3.20. The molecule has 0 aromatic heterocycles. The van der Waals surface area contributed by atoms with Crippen LogP contribution >= 0.6 is 0 Å². The molecule has 0 bridgehead atoms. The molecule has 2 aromatic rings. The van der Waals surface area contributed by atoms with Gasteiger partial charge in [0, 0.05) is 11.9 Å². The second kappa shape index (κ2) is 7.20. The molecule has 0 aliphatic carbocycles. The predicted octanol–water partition coefficient (Wildman–Crippen LogP) is 1.37. The van der Waals surface area contributed by atoms with Crippen molar-refractivity contribution >= 4 is 38.9 Å². The molecular weight excluding hydrogens is 368 g/mol. The van der Waals surface area contributed by atoms with Crippen molar-refractivity contribution in [2.75, 3.05) is 16.6 Å². The molecule has 0 radical (unpaired) electrons. The third kappa shape index (κ3) is 4.14. The molecule has 1 heterocycles. The van der Waals surface area contributed by atoms with Crippen LogP contribution in [0.2, 0.25) is 0 Å². The van der Waals surface area contributed by atoms with Crippen molar-refractivity contribution in [2.45, 2.75) is 17.9 Å². The Balaban J connectivity index is 1.82. The second-order valence-electron chi connectivity index (χ2n) is 6.03. The van der Waals surface area contributed by atoms with Crippen LogP contribution in [0.3, 0.4) is 0 Å². The van der Waals surface area contributed by atoms with Gasteiger partial charge in [-0.25, -0.2) is 18.4 Å². The van der Waals surface area contributed by atoms with E-state index in [2.05, 4.69) is 15.7 Å². The molecular formula is C18H18N4O4S. The number of hydrogen-bond donors (Lipinski definition) is 2. The van der Waals surface area contributed by atoms with E-state index < -0.39 is 21.8 Å². The van der Waals surface area contributed by atoms with Gasteiger partial charge in [0.2, 0.25) is 5.84 Å². The first-order chi connectivity index (χ1) is 12.8. The lowest BCUT2D eigenvalue weighted by molar-refractivity contribution is -0.120. The van der Waals surface area contributed by atoms with Gasteiger partial charge in [-0.1, -0.05) is 24.3 Å². The molecule has 0 saturated heterocycles. The zero-order chi connectivity index (χ0) is 19.6. The van der Waals surface area contributed by atoms with E-state index in [-0.39, 0.29) is 16.6 Å². The third-order valence-electron chi connectivity index (χ3n) is 3.87. The summed E-state index contributed by atoms with van der Waals surface area (Å²) >= 11 is 0. The van der Waals surface area contributed by atoms with Crippen LogP contribution in [0.5, 0.6) is 0 Å². The number of carbonyl (C=O) groups excluding carboxylic acids is 2. The van der Waals surface area contributed by atoms with Gasteiger partial charge in [0.1, 0.15) is 6.04 Å². The minimum absolute atomic E-state index is 0.0456. The summed E-state index contributed by atoms with van der Waals surface area (Å²) in [5, 5.41) is 3.86. The number of nitrogens with zero attached hydrogens (tertiary/aromatic N) is 2. The average molecular weight is 386 g/mol. The van der Waals surface area contributed by atoms with Gasteiger partial charge in [-0.15, -0.1) is 0 Å². The summed E-state index contributed by atoms with van der Waals surface area (Å²) in [6, 6.07) is 14.0. The number of rotatable bonds is 4. The number of anilines is 2. The number of amides is 2. The van der Waals surface area contributed by atoms with E-state index >= 15 is 0 Å². The Morgan fingerprint density at radius 1 is 1.15 bits per heavy atom. The molecule has 0 spiro atoms. The molecule has 1 aliphatic heterocycles. The molecule has 9 heteroatoms. The highest BCUT2D eigenvalue weighted by atomic mass is 32.2. The lowest BCUT2D eigenvalue weighted by atomic mass is 10.2. The maximum atomic E-state index is 12.6. The summed E-state index contributed by atoms with van der Waals surface area (Å²) in [4.78, 5) is 29.1. The van der Waals surface area contributed by atoms with Crippen LogP contribution in [-0.4, -0.2) is 38.4 Å². The molecule has 1 unspecified atom stereocenters. The van der Waals surface area contributed by atoms with E-state index in [1.165, 1.54) is 23.2 Å². The first kappa shape index (κ1) is 18.6. The van der Waals surface area contributed by atoms with E-state index in [1.807, 2.05) is 6.07 Å². The van der Waals surface area contributed by atoms with Gasteiger partial charge in [0.05, 0.1) is 10.6 Å². The summed E-state index contributed by atoms with van der Waals surface area (Å²) in [5.41, 5.74) is 3.60. The third-order valence-corrected chi connectivity index (χ3v) is 4.98. The second-order valence-corrected chi connectivity index (χ2v) is 8.04. The smallest absolute Gasteiger partial charge is 0.292 e. The monoisotopic (exact) mass is 386 g/mol. The number of benzene rings is 2. The van der Waals surface area contributed by atoms with Crippen LogP contribution in [-0.2, 0) is 19.4 Å². The average Bonchev–Trinajstić information content (AvgIpc) is 2.64. The van der Waals surface area contributed by atoms with Gasteiger partial charge < -0.3 is 5.32 Å². The fraction of sp³-hybridized carbons (Fsp3) is 0.167. The van der Waals surface area contributed by atoms with E-state index in [1.54, 1.807) is 37.3 Å². The molecule has 2 aromatic carbocycles. The Labute approximate surface area is 156 Å². The van der Waals surface area contributed by atoms with E-state index in [4.69, 9.17) is 0 Å². The quantitative estimate of drug-likeness (QED) is 0.825. The van der Waals surface area contributed by atoms with Crippen LogP contribution in [0.4, 0.5) is 11.4 Å². The maximum absolute atomic E-state index is 12.6. The zero-order valence-corrected chi connectivity index (χ0v) is 15.5. The number of aliphatic imine (C=N–C) groups is 1. The molecule has 1 atom stereocenters. The minimum atomic E-state index is -3.40. The molecule has 140 valence electrons. The molecule has 1 aliphatic rings. The lowest BCUT2D eigenvalue weighted by Gasteiger charge is -2.30. The van der Waals surface area contributed by atoms with Crippen molar-refractivity contribution in [2.24, 2.45) is 4.99 Å². The fourth-order valence-electron chi connectivity index (χ4n) is 2.50. The van der Waals surface area contributed by atoms with Crippen LogP contribution in [0, 0.1) is 0 Å². The first-order valence-corrected chi connectivity index (χ1v) is 10.00. The van der Waals surface area contributed by atoms with E-state index in [0.717, 1.165) is 6.26 Å². The topological polar surface area (TPSA) is 108 Å². The highest BCUT2D eigenvalue weighted by molar-refractivity contribution is 7.90. The van der Waals surface area contributed by atoms with Crippen molar-refractivity contribution in [1.29, 1.82) is 0 Å². The molecule has 27 heavy (non-hydrogen) atoms. The summed E-state index contributed by atoms with van der Waals surface area (Å²) < 4.78 is 23.3. The van der Waals surface area contributed by atoms with E-state index in [0.29, 0.717) is 11.4 Å². The lowest BCUT2D eigenvalue weighted by Crippen LogP contribution is -2.57. The standard InChI is InChI=1S/C18H18N4O4S/c1-12-18(24)22(14-8-4-3-5-9-14)21-16(19-12)17(23)20-13-7-6-10-15(11-13)27(2,25)26/h3-12H,1-2H3,(H,19,21)(H,20,23). The number of hydrazine groups is 1. The molecule has 8 nitrogen and oxygen atoms in total. The zero-order valence-electron chi connectivity index (χ0n) is 14.7. The summed E-state index contributed by atoms with van der Waals surface area (Å²) in [7, 11) is -3.40. The summed E-state index contributed by atoms with van der Waals surface area (Å²) in [5.74, 6) is -0.923. The molecule has 3 rings (SSSR count). The van der Waals surface area contributed by atoms with Crippen molar-refractivity contribution in [3.05, 3.63) is 54.6 Å². The Morgan fingerprint density at radius 2 is 1.85 bits per heavy atom. The molecule has 2 amide bonds. The minimum Gasteiger partial charge on any atom is -0.319 e. The van der Waals surface area contributed by atoms with Crippen molar-refractivity contribution < 1.29 is 18.0 Å². The largest absolute Gasteiger partial charge is 0.319 e. The summed E-state index contributed by atoms with van der Waals surface area (Å²) in [6.07, 6.45) is 1.09. The van der Waals surface area contributed by atoms with Gasteiger partial charge >= 0.3 is 0 Å². The van der Waals surface area contributed by atoms with Gasteiger partial charge in [0.25, 0.3) is 11.8 Å². The van der Waals surface area contributed by atoms with E-state index in [9.17, 15) is 18.0 Å². The van der Waals surface area contributed by atoms with Crippen LogP contribution in [0.15, 0.2) is 64.5 Å². The Bertz CT molecular complexity index is 1020. The SMILES string of the molecule is CC1N=C(C(=O)Nc2cccc(S(C)(=O)=O)c2)NN(c2ccccc2)C1=O. The normalized spacial score (nSPS) is 17.1. The Kier molecular flexibility index (Phi) is 4.95. The number of nitrogens with one attached hydrogen (secondary N) is 2. The number of carbonyl (C=O) groups is 2. The highest BCUT2D eigenvalue weighted by Gasteiger charge is 2.30. The van der Waals surface area contributed by atoms with Crippen LogP contribution in [0.1, 0.15) is 6.92 Å². The van der Waals surface area contributed by atoms with Gasteiger partial charge in [-0.3, -0.25) is 15.0 Å². The molecule has 0 fully saturated rings. The molecule has 2 N–H and O–H groups in total. The van der Waals surface area contributed by atoms with Crippen LogP contribution < -0.4 is 15.8 Å². The summed E-state index contributed by atoms with van der Waals surface area (Å²) in [6.45, 7) is 1.59. The van der Waals surface area contributed by atoms with Gasteiger partial charge in [-0.05, 0) is 37.3 Å². The maximum Gasteiger partial charge on any atom is 0.292 e. The van der Waals surface area contributed by atoms with Gasteiger partial charge in [0.15, 0.2) is 9.84 Å². The number of hydrogen-bond acceptors (Lipinski definition) is 6. The van der Waals surface area contributed by atoms with Crippen molar-refractivity contribution in [3.8, 4) is 0 Å².